The second-order valence-corrected chi connectivity index (χ2v) is 4.58. The van der Waals surface area contributed by atoms with Gasteiger partial charge in [-0.05, 0) is 20.8 Å². The zero-order chi connectivity index (χ0) is 14.7. The Kier molecular flexibility index (Phi) is 4.47. The molecule has 1 aliphatic heterocycles. The summed E-state index contributed by atoms with van der Waals surface area (Å²) in [5, 5.41) is 13.4. The van der Waals surface area contributed by atoms with Crippen LogP contribution in [-0.4, -0.2) is 52.4 Å². The second kappa shape index (κ2) is 5.68. The summed E-state index contributed by atoms with van der Waals surface area (Å²) in [6.07, 6.45) is 0. The van der Waals surface area contributed by atoms with Gasteiger partial charge in [0.15, 0.2) is 0 Å². The van der Waals surface area contributed by atoms with Gasteiger partial charge in [0.2, 0.25) is 11.8 Å². The number of amides is 4. The highest BCUT2D eigenvalue weighted by atomic mass is 16.4. The number of aliphatic carboxylic acids is 1. The fourth-order valence-electron chi connectivity index (χ4n) is 1.58. The number of hydrogen-bond donors (Lipinski definition) is 3. The highest BCUT2D eigenvalue weighted by Crippen LogP contribution is 2.08. The van der Waals surface area contributed by atoms with Crippen molar-refractivity contribution < 1.29 is 24.3 Å². The van der Waals surface area contributed by atoms with E-state index in [1.165, 1.54) is 13.8 Å². The highest BCUT2D eigenvalue weighted by molar-refractivity contribution is 6.03. The van der Waals surface area contributed by atoms with Gasteiger partial charge in [0, 0.05) is 6.04 Å². The van der Waals surface area contributed by atoms with Crippen LogP contribution >= 0.6 is 0 Å². The van der Waals surface area contributed by atoms with Gasteiger partial charge in [-0.25, -0.2) is 4.79 Å². The fourth-order valence-corrected chi connectivity index (χ4v) is 1.58. The van der Waals surface area contributed by atoms with E-state index in [9.17, 15) is 19.2 Å². The molecule has 1 heterocycles. The van der Waals surface area contributed by atoms with Gasteiger partial charge in [0.05, 0.1) is 5.92 Å². The molecule has 1 aliphatic rings. The smallest absolute Gasteiger partial charge is 0.318 e. The largest absolute Gasteiger partial charge is 0.481 e. The average Bonchev–Trinajstić information content (AvgIpc) is 2.32. The SMILES string of the molecule is CC(NC(=O)N1CC(=O)NC(=O)C1C)C(C)C(=O)O. The predicted molar refractivity (Wildman–Crippen MR) is 64.1 cm³/mol. The maximum atomic E-state index is 11.9. The van der Waals surface area contributed by atoms with Crippen LogP contribution in [-0.2, 0) is 14.4 Å². The van der Waals surface area contributed by atoms with Crippen LogP contribution in [0.2, 0.25) is 0 Å². The number of nitrogens with one attached hydrogen (secondary N) is 2. The van der Waals surface area contributed by atoms with Gasteiger partial charge in [-0.3, -0.25) is 19.7 Å². The average molecular weight is 271 g/mol. The van der Waals surface area contributed by atoms with E-state index in [-0.39, 0.29) is 6.54 Å². The Morgan fingerprint density at radius 3 is 2.53 bits per heavy atom. The van der Waals surface area contributed by atoms with E-state index < -0.39 is 41.8 Å². The molecule has 1 saturated heterocycles. The van der Waals surface area contributed by atoms with Crippen LogP contribution in [0.3, 0.4) is 0 Å². The highest BCUT2D eigenvalue weighted by Gasteiger charge is 2.34. The molecule has 1 rings (SSSR count). The van der Waals surface area contributed by atoms with E-state index in [1.807, 2.05) is 0 Å². The number of rotatable bonds is 3. The van der Waals surface area contributed by atoms with Crippen LogP contribution in [0.5, 0.6) is 0 Å². The summed E-state index contributed by atoms with van der Waals surface area (Å²) in [5.74, 6) is -2.91. The van der Waals surface area contributed by atoms with Crippen molar-refractivity contribution in [2.75, 3.05) is 6.54 Å². The molecule has 3 atom stereocenters. The third-order valence-electron chi connectivity index (χ3n) is 3.18. The molecule has 1 fully saturated rings. The standard InChI is InChI=1S/C11H17N3O5/c1-5(10(17)18)6(2)12-11(19)14-4-8(15)13-9(16)7(14)3/h5-7H,4H2,1-3H3,(H,12,19)(H,17,18)(H,13,15,16). The minimum absolute atomic E-state index is 0.229. The summed E-state index contributed by atoms with van der Waals surface area (Å²) in [7, 11) is 0. The van der Waals surface area contributed by atoms with Crippen molar-refractivity contribution in [3.63, 3.8) is 0 Å². The number of carboxylic acid groups (broad SMARTS) is 1. The first-order chi connectivity index (χ1) is 8.73. The monoisotopic (exact) mass is 271 g/mol. The summed E-state index contributed by atoms with van der Waals surface area (Å²) in [5.41, 5.74) is 0. The fraction of sp³-hybridized carbons (Fsp3) is 0.636. The van der Waals surface area contributed by atoms with Crippen LogP contribution in [0.1, 0.15) is 20.8 Å². The van der Waals surface area contributed by atoms with Crippen molar-refractivity contribution in [3.8, 4) is 0 Å². The van der Waals surface area contributed by atoms with Gasteiger partial charge >= 0.3 is 12.0 Å². The molecule has 0 radical (unpaired) electrons. The molecule has 106 valence electrons. The van der Waals surface area contributed by atoms with Crippen molar-refractivity contribution in [1.82, 2.24) is 15.5 Å². The lowest BCUT2D eigenvalue weighted by Crippen LogP contribution is -2.61. The second-order valence-electron chi connectivity index (χ2n) is 4.58. The zero-order valence-electron chi connectivity index (χ0n) is 11.0. The van der Waals surface area contributed by atoms with Gasteiger partial charge in [0.1, 0.15) is 12.6 Å². The molecule has 3 unspecified atom stereocenters. The minimum Gasteiger partial charge on any atom is -0.481 e. The molecule has 0 aromatic rings. The lowest BCUT2D eigenvalue weighted by atomic mass is 10.0. The van der Waals surface area contributed by atoms with Gasteiger partial charge < -0.3 is 15.3 Å². The summed E-state index contributed by atoms with van der Waals surface area (Å²) in [6, 6.07) is -2.02. The molecule has 19 heavy (non-hydrogen) atoms. The number of urea groups is 1. The molecular formula is C11H17N3O5. The Balaban J connectivity index is 2.69. The maximum Gasteiger partial charge on any atom is 0.318 e. The third-order valence-corrected chi connectivity index (χ3v) is 3.18. The number of piperazine rings is 1. The number of carbonyl (C=O) groups is 4. The predicted octanol–water partition coefficient (Wildman–Crippen LogP) is -0.848. The van der Waals surface area contributed by atoms with Crippen LogP contribution in [0.25, 0.3) is 0 Å². The Morgan fingerprint density at radius 1 is 1.42 bits per heavy atom. The molecule has 8 nitrogen and oxygen atoms in total. The molecule has 0 aromatic carbocycles. The van der Waals surface area contributed by atoms with Crippen LogP contribution < -0.4 is 10.6 Å². The Hall–Kier alpha value is -2.12. The van der Waals surface area contributed by atoms with E-state index in [4.69, 9.17) is 5.11 Å². The number of carboxylic acids is 1. The lowest BCUT2D eigenvalue weighted by molar-refractivity contribution is -0.142. The summed E-state index contributed by atoms with van der Waals surface area (Å²) < 4.78 is 0. The van der Waals surface area contributed by atoms with Crippen molar-refractivity contribution in [2.24, 2.45) is 5.92 Å². The molecule has 4 amide bonds. The van der Waals surface area contributed by atoms with E-state index >= 15 is 0 Å². The van der Waals surface area contributed by atoms with Crippen LogP contribution in [0.4, 0.5) is 4.79 Å². The maximum absolute atomic E-state index is 11.9. The summed E-state index contributed by atoms with van der Waals surface area (Å²) in [6.45, 7) is 4.28. The van der Waals surface area contributed by atoms with E-state index in [1.54, 1.807) is 6.92 Å². The molecule has 0 spiro atoms. The van der Waals surface area contributed by atoms with Crippen LogP contribution in [0.15, 0.2) is 0 Å². The molecular weight excluding hydrogens is 254 g/mol. The van der Waals surface area contributed by atoms with Crippen molar-refractivity contribution >= 4 is 23.8 Å². The topological polar surface area (TPSA) is 116 Å². The Bertz CT molecular complexity index is 423. The third kappa shape index (κ3) is 3.43. The number of imide groups is 1. The molecule has 8 heteroatoms. The van der Waals surface area contributed by atoms with Crippen molar-refractivity contribution in [3.05, 3.63) is 0 Å². The van der Waals surface area contributed by atoms with Gasteiger partial charge in [-0.1, -0.05) is 0 Å². The van der Waals surface area contributed by atoms with Crippen LogP contribution in [0, 0.1) is 5.92 Å². The Morgan fingerprint density at radius 2 is 2.00 bits per heavy atom. The molecule has 0 aliphatic carbocycles. The van der Waals surface area contributed by atoms with E-state index in [0.29, 0.717) is 0 Å². The Labute approximate surface area is 110 Å². The molecule has 0 aromatic heterocycles. The first-order valence-corrected chi connectivity index (χ1v) is 5.87. The van der Waals surface area contributed by atoms with Gasteiger partial charge in [-0.2, -0.15) is 0 Å². The van der Waals surface area contributed by atoms with E-state index in [2.05, 4.69) is 10.6 Å². The molecule has 0 bridgehead atoms. The van der Waals surface area contributed by atoms with Crippen molar-refractivity contribution in [1.29, 1.82) is 0 Å². The van der Waals surface area contributed by atoms with Crippen molar-refractivity contribution in [2.45, 2.75) is 32.9 Å². The first kappa shape index (κ1) is 14.9. The first-order valence-electron chi connectivity index (χ1n) is 5.87. The van der Waals surface area contributed by atoms with E-state index in [0.717, 1.165) is 4.90 Å². The normalized spacial score (nSPS) is 22.5. The zero-order valence-corrected chi connectivity index (χ0v) is 11.0. The number of hydrogen-bond acceptors (Lipinski definition) is 4. The summed E-state index contributed by atoms with van der Waals surface area (Å²) in [4.78, 5) is 46.4. The van der Waals surface area contributed by atoms with Gasteiger partial charge in [0.25, 0.3) is 0 Å². The minimum atomic E-state index is -1.03. The number of nitrogens with zero attached hydrogens (tertiary/aromatic N) is 1. The summed E-state index contributed by atoms with van der Waals surface area (Å²) >= 11 is 0. The van der Waals surface area contributed by atoms with Gasteiger partial charge in [-0.15, -0.1) is 0 Å². The molecule has 0 saturated carbocycles. The molecule has 3 N–H and O–H groups in total. The quantitative estimate of drug-likeness (QED) is 0.578. The number of carbonyl (C=O) groups excluding carboxylic acids is 3. The lowest BCUT2D eigenvalue weighted by Gasteiger charge is -2.33.